The number of allylic oxidation sites excluding steroid dienone is 3. The Morgan fingerprint density at radius 2 is 1.29 bits per heavy atom. The number of benzene rings is 5. The second kappa shape index (κ2) is 13.0. The molecule has 0 spiro atoms. The molecule has 5 aromatic carbocycles. The summed E-state index contributed by atoms with van der Waals surface area (Å²) in [6.45, 7) is 2.06. The van der Waals surface area contributed by atoms with Gasteiger partial charge in [-0.2, -0.15) is 0 Å². The lowest BCUT2D eigenvalue weighted by Crippen LogP contribution is -2.20. The van der Waals surface area contributed by atoms with E-state index in [1.165, 1.54) is 39.0 Å². The van der Waals surface area contributed by atoms with Gasteiger partial charge in [0.25, 0.3) is 0 Å². The molecule has 218 valence electrons. The lowest BCUT2D eigenvalue weighted by atomic mass is 9.94. The summed E-state index contributed by atoms with van der Waals surface area (Å²) >= 11 is 0. The summed E-state index contributed by atoms with van der Waals surface area (Å²) in [4.78, 5) is 9.55. The van der Waals surface area contributed by atoms with Gasteiger partial charge in [0, 0.05) is 28.7 Å². The molecule has 2 aliphatic rings. The van der Waals surface area contributed by atoms with E-state index in [9.17, 15) is 0 Å². The van der Waals surface area contributed by atoms with Crippen LogP contribution in [0.25, 0.3) is 27.8 Å². The summed E-state index contributed by atoms with van der Waals surface area (Å²) in [6, 6.07) is 45.5. The first kappa shape index (κ1) is 28.2. The number of rotatable bonds is 8. The van der Waals surface area contributed by atoms with Gasteiger partial charge >= 0.3 is 0 Å². The predicted octanol–water partition coefficient (Wildman–Crippen LogP) is 10.2. The number of amidine groups is 1. The minimum atomic E-state index is 0.0928. The number of hydrogen-bond acceptors (Lipinski definition) is 2. The Morgan fingerprint density at radius 1 is 0.689 bits per heavy atom. The highest BCUT2D eigenvalue weighted by Crippen LogP contribution is 2.29. The fourth-order valence-electron chi connectivity index (χ4n) is 5.82. The van der Waals surface area contributed by atoms with Gasteiger partial charge in [-0.3, -0.25) is 9.98 Å². The quantitative estimate of drug-likeness (QED) is 0.144. The molecule has 0 saturated carbocycles. The summed E-state index contributed by atoms with van der Waals surface area (Å²) in [5.74, 6) is 0.866. The molecule has 0 saturated heterocycles. The Bertz CT molecular complexity index is 1940. The number of hydrogen-bond donors (Lipinski definition) is 1. The Morgan fingerprint density at radius 3 is 1.87 bits per heavy atom. The zero-order valence-corrected chi connectivity index (χ0v) is 25.4. The molecule has 1 aliphatic heterocycles. The van der Waals surface area contributed by atoms with E-state index in [1.807, 2.05) is 6.20 Å². The molecule has 1 unspecified atom stereocenters. The summed E-state index contributed by atoms with van der Waals surface area (Å²) < 4.78 is 0. The molecule has 1 atom stereocenters. The average Bonchev–Trinajstić information content (AvgIpc) is 3.09. The lowest BCUT2D eigenvalue weighted by molar-refractivity contribution is 0.827. The van der Waals surface area contributed by atoms with Crippen LogP contribution < -0.4 is 5.32 Å². The maximum atomic E-state index is 5.17. The Hall–Kier alpha value is -5.54. The molecule has 0 bridgehead atoms. The molecule has 1 heterocycles. The SMILES string of the molecule is CC1=NC=C1c1ccccc1C(=NC1C=CC=CC1)Nc1ccc(-c2ccc(Cc3ccc(-c4ccccc4)cc3)cc2)cc1. The number of aliphatic imine (C=N–C) groups is 2. The van der Waals surface area contributed by atoms with Gasteiger partial charge in [-0.1, -0.05) is 140 Å². The van der Waals surface area contributed by atoms with Crippen molar-refractivity contribution in [1.29, 1.82) is 0 Å². The van der Waals surface area contributed by atoms with Crippen LogP contribution >= 0.6 is 0 Å². The zero-order chi connectivity index (χ0) is 30.4. The molecular weight excluding hydrogens is 546 g/mol. The van der Waals surface area contributed by atoms with Crippen molar-refractivity contribution in [3.63, 3.8) is 0 Å². The van der Waals surface area contributed by atoms with Gasteiger partial charge in [-0.05, 0) is 70.8 Å². The first-order valence-electron chi connectivity index (χ1n) is 15.6. The number of nitrogens with zero attached hydrogens (tertiary/aromatic N) is 2. The van der Waals surface area contributed by atoms with Crippen molar-refractivity contribution in [2.45, 2.75) is 25.8 Å². The Kier molecular flexibility index (Phi) is 8.15. The van der Waals surface area contributed by atoms with Gasteiger partial charge in [0.05, 0.1) is 6.04 Å². The van der Waals surface area contributed by atoms with Gasteiger partial charge in [-0.15, -0.1) is 0 Å². The van der Waals surface area contributed by atoms with E-state index < -0.39 is 0 Å². The van der Waals surface area contributed by atoms with E-state index in [0.717, 1.165) is 41.2 Å². The van der Waals surface area contributed by atoms with Gasteiger partial charge in [-0.25, -0.2) is 0 Å². The molecule has 1 N–H and O–H groups in total. The van der Waals surface area contributed by atoms with Crippen molar-refractivity contribution in [3.05, 3.63) is 180 Å². The minimum absolute atomic E-state index is 0.0928. The highest BCUT2D eigenvalue weighted by atomic mass is 15.0. The highest BCUT2D eigenvalue weighted by molar-refractivity contribution is 6.29. The molecule has 0 radical (unpaired) electrons. The van der Waals surface area contributed by atoms with E-state index in [-0.39, 0.29) is 6.04 Å². The molecule has 0 fully saturated rings. The van der Waals surface area contributed by atoms with Crippen molar-refractivity contribution >= 4 is 22.8 Å². The van der Waals surface area contributed by atoms with E-state index in [4.69, 9.17) is 4.99 Å². The summed E-state index contributed by atoms with van der Waals surface area (Å²) in [5.41, 5.74) is 13.0. The first-order valence-corrected chi connectivity index (χ1v) is 15.6. The average molecular weight is 582 g/mol. The van der Waals surface area contributed by atoms with E-state index in [2.05, 4.69) is 169 Å². The zero-order valence-electron chi connectivity index (χ0n) is 25.4. The molecule has 7 rings (SSSR count). The summed E-state index contributed by atoms with van der Waals surface area (Å²) in [6.07, 6.45) is 12.2. The van der Waals surface area contributed by atoms with E-state index in [1.54, 1.807) is 0 Å². The molecule has 3 heteroatoms. The van der Waals surface area contributed by atoms with Crippen LogP contribution in [-0.4, -0.2) is 17.6 Å². The summed E-state index contributed by atoms with van der Waals surface area (Å²) in [5, 5.41) is 3.66. The number of anilines is 1. The predicted molar refractivity (Wildman–Crippen MR) is 191 cm³/mol. The van der Waals surface area contributed by atoms with Crippen LogP contribution in [0.4, 0.5) is 5.69 Å². The van der Waals surface area contributed by atoms with Crippen molar-refractivity contribution in [3.8, 4) is 22.3 Å². The fourth-order valence-corrected chi connectivity index (χ4v) is 5.82. The van der Waals surface area contributed by atoms with Crippen LogP contribution in [0.2, 0.25) is 0 Å². The van der Waals surface area contributed by atoms with Crippen LogP contribution in [0, 0.1) is 0 Å². The molecule has 5 aromatic rings. The van der Waals surface area contributed by atoms with Crippen molar-refractivity contribution < 1.29 is 0 Å². The minimum Gasteiger partial charge on any atom is -0.340 e. The molecule has 3 nitrogen and oxygen atoms in total. The van der Waals surface area contributed by atoms with Crippen molar-refractivity contribution in [1.82, 2.24) is 0 Å². The Balaban J connectivity index is 1.07. The third-order valence-corrected chi connectivity index (χ3v) is 8.41. The highest BCUT2D eigenvalue weighted by Gasteiger charge is 2.19. The normalized spacial score (nSPS) is 15.7. The third kappa shape index (κ3) is 6.53. The monoisotopic (exact) mass is 581 g/mol. The van der Waals surface area contributed by atoms with Crippen LogP contribution in [-0.2, 0) is 6.42 Å². The standard InChI is InChI=1S/C42H35N3/c1-30-41(29-43-30)39-14-8-9-15-40(39)42(44-37-12-6-3-7-13-37)45-38-26-24-36(25-27-38)35-22-18-32(19-23-35)28-31-16-20-34(21-17-31)33-10-4-2-5-11-33/h2-12,14-27,29,37H,13,28H2,1H3,(H,44,45). The molecular formula is C42H35N3. The maximum Gasteiger partial charge on any atom is 0.133 e. The van der Waals surface area contributed by atoms with Crippen molar-refractivity contribution in [2.24, 2.45) is 9.98 Å². The fraction of sp³-hybridized carbons (Fsp3) is 0.0952. The van der Waals surface area contributed by atoms with Gasteiger partial charge in [0.2, 0.25) is 0 Å². The van der Waals surface area contributed by atoms with Gasteiger partial charge in [0.15, 0.2) is 0 Å². The van der Waals surface area contributed by atoms with Gasteiger partial charge in [0.1, 0.15) is 5.84 Å². The first-order chi connectivity index (χ1) is 22.2. The molecule has 45 heavy (non-hydrogen) atoms. The van der Waals surface area contributed by atoms with E-state index >= 15 is 0 Å². The van der Waals surface area contributed by atoms with Gasteiger partial charge < -0.3 is 5.32 Å². The van der Waals surface area contributed by atoms with Crippen LogP contribution in [0.1, 0.15) is 35.6 Å². The van der Waals surface area contributed by atoms with Crippen LogP contribution in [0.15, 0.2) is 168 Å². The van der Waals surface area contributed by atoms with Crippen LogP contribution in [0.5, 0.6) is 0 Å². The molecule has 0 aromatic heterocycles. The summed E-state index contributed by atoms with van der Waals surface area (Å²) in [7, 11) is 0. The lowest BCUT2D eigenvalue weighted by Gasteiger charge is -2.20. The molecule has 0 amide bonds. The Labute approximate surface area is 265 Å². The molecule has 1 aliphatic carbocycles. The van der Waals surface area contributed by atoms with E-state index in [0.29, 0.717) is 0 Å². The second-order valence-electron chi connectivity index (χ2n) is 11.5. The van der Waals surface area contributed by atoms with Crippen molar-refractivity contribution in [2.75, 3.05) is 5.32 Å². The number of nitrogens with one attached hydrogen (secondary N) is 1. The van der Waals surface area contributed by atoms with Crippen LogP contribution in [0.3, 0.4) is 0 Å². The smallest absolute Gasteiger partial charge is 0.133 e. The topological polar surface area (TPSA) is 36.8 Å². The largest absolute Gasteiger partial charge is 0.340 e. The maximum absolute atomic E-state index is 5.17. The third-order valence-electron chi connectivity index (χ3n) is 8.41. The second-order valence-corrected chi connectivity index (χ2v) is 11.5.